The normalized spacial score (nSPS) is 26.1. The molecule has 0 radical (unpaired) electrons. The fraction of sp³-hybridized carbons (Fsp3) is 1.00. The van der Waals surface area contributed by atoms with Crippen molar-refractivity contribution in [1.82, 2.24) is 10.2 Å². The molecule has 0 aromatic carbocycles. The lowest BCUT2D eigenvalue weighted by Crippen LogP contribution is -2.54. The van der Waals surface area contributed by atoms with E-state index in [9.17, 15) is 0 Å². The minimum absolute atomic E-state index is 0.668. The van der Waals surface area contributed by atoms with Crippen molar-refractivity contribution < 1.29 is 0 Å². The van der Waals surface area contributed by atoms with E-state index in [1.807, 2.05) is 0 Å². The summed E-state index contributed by atoms with van der Waals surface area (Å²) in [5.41, 5.74) is 0. The molecule has 17 heavy (non-hydrogen) atoms. The Morgan fingerprint density at radius 3 is 2.29 bits per heavy atom. The Morgan fingerprint density at radius 2 is 1.76 bits per heavy atom. The molecule has 102 valence electrons. The standard InChI is InChI=1S/C15H32N2/c1-6-16-14-9-7-8-10-15(14)17(13(4)5)11-12(2)3/h12-16H,6-11H2,1-5H3. The zero-order chi connectivity index (χ0) is 12.8. The number of hydrogen-bond acceptors (Lipinski definition) is 2. The largest absolute Gasteiger partial charge is 0.313 e. The van der Waals surface area contributed by atoms with Crippen molar-refractivity contribution in [1.29, 1.82) is 0 Å². The van der Waals surface area contributed by atoms with Crippen molar-refractivity contribution >= 4 is 0 Å². The van der Waals surface area contributed by atoms with Crippen LogP contribution in [0.2, 0.25) is 0 Å². The van der Waals surface area contributed by atoms with E-state index >= 15 is 0 Å². The van der Waals surface area contributed by atoms with Gasteiger partial charge in [-0.2, -0.15) is 0 Å². The number of nitrogens with one attached hydrogen (secondary N) is 1. The molecule has 2 unspecified atom stereocenters. The monoisotopic (exact) mass is 240 g/mol. The van der Waals surface area contributed by atoms with E-state index in [4.69, 9.17) is 0 Å². The van der Waals surface area contributed by atoms with Crippen LogP contribution in [-0.2, 0) is 0 Å². The van der Waals surface area contributed by atoms with Gasteiger partial charge in [-0.1, -0.05) is 33.6 Å². The second kappa shape index (κ2) is 7.38. The molecule has 1 aliphatic carbocycles. The summed E-state index contributed by atoms with van der Waals surface area (Å²) in [4.78, 5) is 2.73. The third-order valence-corrected chi connectivity index (χ3v) is 3.86. The highest BCUT2D eigenvalue weighted by Crippen LogP contribution is 2.25. The molecule has 0 bridgehead atoms. The Hall–Kier alpha value is -0.0800. The highest BCUT2D eigenvalue weighted by atomic mass is 15.2. The molecule has 0 aromatic heterocycles. The van der Waals surface area contributed by atoms with E-state index < -0.39 is 0 Å². The summed E-state index contributed by atoms with van der Waals surface area (Å²) in [7, 11) is 0. The lowest BCUT2D eigenvalue weighted by Gasteiger charge is -2.43. The third-order valence-electron chi connectivity index (χ3n) is 3.86. The average Bonchev–Trinajstić information content (AvgIpc) is 2.27. The van der Waals surface area contributed by atoms with Gasteiger partial charge in [0.1, 0.15) is 0 Å². The van der Waals surface area contributed by atoms with Gasteiger partial charge in [0.25, 0.3) is 0 Å². The number of rotatable bonds is 6. The van der Waals surface area contributed by atoms with Crippen LogP contribution in [0.1, 0.15) is 60.3 Å². The Kier molecular flexibility index (Phi) is 6.50. The van der Waals surface area contributed by atoms with Crippen molar-refractivity contribution in [2.75, 3.05) is 13.1 Å². The molecule has 0 amide bonds. The van der Waals surface area contributed by atoms with Crippen molar-refractivity contribution in [3.8, 4) is 0 Å². The van der Waals surface area contributed by atoms with Gasteiger partial charge in [0, 0.05) is 24.7 Å². The van der Waals surface area contributed by atoms with Crippen LogP contribution in [0.5, 0.6) is 0 Å². The molecule has 1 fully saturated rings. The fourth-order valence-electron chi connectivity index (χ4n) is 3.16. The first-order valence-corrected chi connectivity index (χ1v) is 7.55. The molecule has 1 rings (SSSR count). The first-order chi connectivity index (χ1) is 8.06. The lowest BCUT2D eigenvalue weighted by molar-refractivity contribution is 0.0804. The minimum Gasteiger partial charge on any atom is -0.313 e. The van der Waals surface area contributed by atoms with Crippen LogP contribution in [0.15, 0.2) is 0 Å². The quantitative estimate of drug-likeness (QED) is 0.766. The molecule has 0 aliphatic heterocycles. The van der Waals surface area contributed by atoms with E-state index in [1.165, 1.54) is 32.2 Å². The Morgan fingerprint density at radius 1 is 1.12 bits per heavy atom. The summed E-state index contributed by atoms with van der Waals surface area (Å²) in [6.45, 7) is 13.9. The zero-order valence-electron chi connectivity index (χ0n) is 12.5. The molecule has 1 saturated carbocycles. The van der Waals surface area contributed by atoms with Crippen LogP contribution < -0.4 is 5.32 Å². The zero-order valence-corrected chi connectivity index (χ0v) is 12.5. The molecule has 2 nitrogen and oxygen atoms in total. The molecular formula is C15H32N2. The van der Waals surface area contributed by atoms with Gasteiger partial charge in [-0.15, -0.1) is 0 Å². The van der Waals surface area contributed by atoms with Crippen LogP contribution in [0, 0.1) is 5.92 Å². The summed E-state index contributed by atoms with van der Waals surface area (Å²) in [5.74, 6) is 0.765. The van der Waals surface area contributed by atoms with E-state index in [-0.39, 0.29) is 0 Å². The van der Waals surface area contributed by atoms with Crippen LogP contribution >= 0.6 is 0 Å². The highest BCUT2D eigenvalue weighted by Gasteiger charge is 2.30. The van der Waals surface area contributed by atoms with Crippen molar-refractivity contribution in [2.45, 2.75) is 78.4 Å². The molecule has 2 heteroatoms. The SMILES string of the molecule is CCNC1CCCCC1N(CC(C)C)C(C)C. The first-order valence-electron chi connectivity index (χ1n) is 7.55. The second-order valence-electron chi connectivity index (χ2n) is 6.20. The molecule has 0 saturated heterocycles. The van der Waals surface area contributed by atoms with E-state index in [0.29, 0.717) is 6.04 Å². The van der Waals surface area contributed by atoms with Gasteiger partial charge >= 0.3 is 0 Å². The average molecular weight is 240 g/mol. The Bertz CT molecular complexity index is 199. The van der Waals surface area contributed by atoms with Gasteiger partial charge in [0.15, 0.2) is 0 Å². The van der Waals surface area contributed by atoms with Gasteiger partial charge in [0.2, 0.25) is 0 Å². The van der Waals surface area contributed by atoms with Crippen LogP contribution in [0.25, 0.3) is 0 Å². The molecule has 1 aliphatic rings. The van der Waals surface area contributed by atoms with Crippen molar-refractivity contribution in [3.63, 3.8) is 0 Å². The first kappa shape index (κ1) is 15.0. The summed E-state index contributed by atoms with van der Waals surface area (Å²) < 4.78 is 0. The van der Waals surface area contributed by atoms with Crippen LogP contribution in [0.4, 0.5) is 0 Å². The molecule has 1 N–H and O–H groups in total. The fourth-order valence-corrected chi connectivity index (χ4v) is 3.16. The third kappa shape index (κ3) is 4.59. The predicted octanol–water partition coefficient (Wildman–Crippen LogP) is 3.27. The molecule has 0 heterocycles. The number of hydrogen-bond donors (Lipinski definition) is 1. The summed E-state index contributed by atoms with van der Waals surface area (Å²) in [6, 6.07) is 2.14. The topological polar surface area (TPSA) is 15.3 Å². The van der Waals surface area contributed by atoms with Crippen LogP contribution in [0.3, 0.4) is 0 Å². The van der Waals surface area contributed by atoms with Crippen molar-refractivity contribution in [2.24, 2.45) is 5.92 Å². The maximum atomic E-state index is 3.70. The van der Waals surface area contributed by atoms with E-state index in [0.717, 1.165) is 24.5 Å². The maximum Gasteiger partial charge on any atom is 0.0252 e. The molecular weight excluding hydrogens is 208 g/mol. The second-order valence-corrected chi connectivity index (χ2v) is 6.20. The number of nitrogens with zero attached hydrogens (tertiary/aromatic N) is 1. The predicted molar refractivity (Wildman–Crippen MR) is 76.4 cm³/mol. The van der Waals surface area contributed by atoms with Gasteiger partial charge in [0.05, 0.1) is 0 Å². The summed E-state index contributed by atoms with van der Waals surface area (Å²) in [5, 5.41) is 3.70. The lowest BCUT2D eigenvalue weighted by atomic mass is 9.88. The minimum atomic E-state index is 0.668. The smallest absolute Gasteiger partial charge is 0.0252 e. The van der Waals surface area contributed by atoms with E-state index in [1.54, 1.807) is 0 Å². The van der Waals surface area contributed by atoms with Gasteiger partial charge in [-0.05, 0) is 39.2 Å². The van der Waals surface area contributed by atoms with Crippen LogP contribution in [-0.4, -0.2) is 36.1 Å². The van der Waals surface area contributed by atoms with Gasteiger partial charge in [-0.3, -0.25) is 4.90 Å². The summed E-state index contributed by atoms with van der Waals surface area (Å²) in [6.07, 6.45) is 5.55. The summed E-state index contributed by atoms with van der Waals surface area (Å²) >= 11 is 0. The molecule has 0 aromatic rings. The van der Waals surface area contributed by atoms with Crippen molar-refractivity contribution in [3.05, 3.63) is 0 Å². The molecule has 2 atom stereocenters. The van der Waals surface area contributed by atoms with Gasteiger partial charge < -0.3 is 5.32 Å². The maximum absolute atomic E-state index is 3.70. The molecule has 0 spiro atoms. The Labute approximate surface area is 108 Å². The number of likely N-dealkylation sites (N-methyl/N-ethyl adjacent to an activating group) is 1. The van der Waals surface area contributed by atoms with E-state index in [2.05, 4.69) is 44.8 Å². The van der Waals surface area contributed by atoms with Gasteiger partial charge in [-0.25, -0.2) is 0 Å². The Balaban J connectivity index is 2.67. The highest BCUT2D eigenvalue weighted by molar-refractivity contribution is 4.89.